The quantitative estimate of drug-likeness (QED) is 0.235. The molecule has 5 aromatic rings. The molecule has 12 heteroatoms. The molecule has 230 valence electrons. The van der Waals surface area contributed by atoms with Gasteiger partial charge in [-0.1, -0.05) is 18.2 Å². The van der Waals surface area contributed by atoms with Crippen molar-refractivity contribution in [2.45, 2.75) is 19.6 Å². The summed E-state index contributed by atoms with van der Waals surface area (Å²) < 4.78 is 42.1. The van der Waals surface area contributed by atoms with Crippen molar-refractivity contribution in [2.75, 3.05) is 38.5 Å². The number of H-pyrrole nitrogens is 1. The van der Waals surface area contributed by atoms with Crippen molar-refractivity contribution in [3.8, 4) is 33.9 Å². The van der Waals surface area contributed by atoms with Gasteiger partial charge >= 0.3 is 6.18 Å². The molecule has 2 N–H and O–H groups in total. The number of rotatable bonds is 7. The zero-order valence-electron chi connectivity index (χ0n) is 24.8. The first-order valence-corrected chi connectivity index (χ1v) is 14.5. The van der Waals surface area contributed by atoms with Gasteiger partial charge < -0.3 is 15.2 Å². The van der Waals surface area contributed by atoms with Crippen molar-refractivity contribution < 1.29 is 18.0 Å². The monoisotopic (exact) mass is 612 g/mol. The first-order chi connectivity index (χ1) is 21.7. The Morgan fingerprint density at radius 2 is 1.71 bits per heavy atom. The van der Waals surface area contributed by atoms with Crippen molar-refractivity contribution in [1.82, 2.24) is 34.7 Å². The highest BCUT2D eigenvalue weighted by atomic mass is 19.4. The van der Waals surface area contributed by atoms with E-state index in [1.54, 1.807) is 36.8 Å². The van der Waals surface area contributed by atoms with E-state index in [9.17, 15) is 18.0 Å². The van der Waals surface area contributed by atoms with Crippen molar-refractivity contribution in [1.29, 1.82) is 0 Å². The molecule has 6 rings (SSSR count). The zero-order valence-corrected chi connectivity index (χ0v) is 24.8. The van der Waals surface area contributed by atoms with E-state index in [2.05, 4.69) is 30.2 Å². The lowest BCUT2D eigenvalue weighted by atomic mass is 10.0. The van der Waals surface area contributed by atoms with E-state index in [-0.39, 0.29) is 17.7 Å². The Labute approximate surface area is 258 Å². The maximum atomic E-state index is 14.0. The van der Waals surface area contributed by atoms with E-state index in [1.165, 1.54) is 18.5 Å². The molecule has 0 bridgehead atoms. The van der Waals surface area contributed by atoms with E-state index in [1.807, 2.05) is 37.2 Å². The Morgan fingerprint density at radius 1 is 0.978 bits per heavy atom. The fourth-order valence-corrected chi connectivity index (χ4v) is 5.40. The number of aryl methyl sites for hydroxylation is 1. The Kier molecular flexibility index (Phi) is 8.42. The fraction of sp³-hybridized carbons (Fsp3) is 0.242. The highest BCUT2D eigenvalue weighted by Gasteiger charge is 2.34. The van der Waals surface area contributed by atoms with E-state index < -0.39 is 17.6 Å². The van der Waals surface area contributed by atoms with Crippen LogP contribution in [0.5, 0.6) is 0 Å². The lowest BCUT2D eigenvalue weighted by molar-refractivity contribution is -0.138. The van der Waals surface area contributed by atoms with Crippen LogP contribution < -0.4 is 5.32 Å². The average molecular weight is 613 g/mol. The van der Waals surface area contributed by atoms with Gasteiger partial charge in [-0.3, -0.25) is 9.69 Å². The summed E-state index contributed by atoms with van der Waals surface area (Å²) in [5.41, 5.74) is 4.60. The molecule has 0 saturated carbocycles. The maximum absolute atomic E-state index is 14.0. The molecule has 45 heavy (non-hydrogen) atoms. The predicted octanol–water partition coefficient (Wildman–Crippen LogP) is 5.92. The lowest BCUT2D eigenvalue weighted by Crippen LogP contribution is -2.44. The minimum atomic E-state index is -4.58. The van der Waals surface area contributed by atoms with Crippen molar-refractivity contribution in [3.05, 3.63) is 102 Å². The summed E-state index contributed by atoms with van der Waals surface area (Å²) >= 11 is 0. The van der Waals surface area contributed by atoms with Gasteiger partial charge in [0.2, 0.25) is 0 Å². The number of hydrogen-bond acceptors (Lipinski definition) is 7. The van der Waals surface area contributed by atoms with Crippen LogP contribution in [0.3, 0.4) is 0 Å². The number of carbonyl (C=O) groups excluding carboxylic acids is 1. The topological polar surface area (TPSA) is 103 Å². The van der Waals surface area contributed by atoms with Crippen LogP contribution >= 0.6 is 0 Å². The molecule has 1 amide bonds. The summed E-state index contributed by atoms with van der Waals surface area (Å²) in [5.74, 6) is -0.0927. The van der Waals surface area contributed by atoms with E-state index in [4.69, 9.17) is 4.98 Å². The van der Waals surface area contributed by atoms with Crippen molar-refractivity contribution >= 4 is 11.6 Å². The largest absolute Gasteiger partial charge is 0.416 e. The summed E-state index contributed by atoms with van der Waals surface area (Å²) in [6, 6.07) is 12.7. The number of nitrogens with one attached hydrogen (secondary N) is 2. The zero-order chi connectivity index (χ0) is 31.6. The number of aromatic nitrogens is 5. The fourth-order valence-electron chi connectivity index (χ4n) is 5.40. The number of amides is 1. The number of alkyl halides is 3. The summed E-state index contributed by atoms with van der Waals surface area (Å²) in [4.78, 5) is 37.9. The van der Waals surface area contributed by atoms with Crippen molar-refractivity contribution in [3.63, 3.8) is 0 Å². The maximum Gasteiger partial charge on any atom is 0.416 e. The molecule has 1 fully saturated rings. The summed E-state index contributed by atoms with van der Waals surface area (Å²) in [5, 5.41) is 2.73. The second-order valence-corrected chi connectivity index (χ2v) is 11.1. The van der Waals surface area contributed by atoms with E-state index >= 15 is 0 Å². The van der Waals surface area contributed by atoms with E-state index in [0.29, 0.717) is 30.3 Å². The van der Waals surface area contributed by atoms with Gasteiger partial charge in [0.15, 0.2) is 5.82 Å². The van der Waals surface area contributed by atoms with Crippen LogP contribution in [0.4, 0.5) is 18.9 Å². The molecule has 2 aromatic carbocycles. The molecule has 0 spiro atoms. The number of benzene rings is 2. The Hall–Kier alpha value is -4.94. The minimum Gasteiger partial charge on any atom is -0.360 e. The van der Waals surface area contributed by atoms with Crippen LogP contribution in [0.15, 0.2) is 79.6 Å². The number of halogens is 3. The minimum absolute atomic E-state index is 0.0587. The van der Waals surface area contributed by atoms with Crippen LogP contribution in [-0.2, 0) is 12.7 Å². The van der Waals surface area contributed by atoms with Crippen LogP contribution in [0.25, 0.3) is 33.9 Å². The molecule has 0 radical (unpaired) electrons. The number of carbonyl (C=O) groups is 1. The summed E-state index contributed by atoms with van der Waals surface area (Å²) in [6.07, 6.45) is 3.80. The summed E-state index contributed by atoms with van der Waals surface area (Å²) in [6.45, 7) is 5.13. The van der Waals surface area contributed by atoms with Gasteiger partial charge in [-0.15, -0.1) is 0 Å². The molecular formula is C33H31F3N8O. The predicted molar refractivity (Wildman–Crippen MR) is 165 cm³/mol. The number of piperazine rings is 1. The van der Waals surface area contributed by atoms with Gasteiger partial charge in [-0.25, -0.2) is 19.9 Å². The molecule has 0 unspecified atom stereocenters. The third-order valence-corrected chi connectivity index (χ3v) is 7.91. The Bertz CT molecular complexity index is 1800. The van der Waals surface area contributed by atoms with Crippen molar-refractivity contribution in [2.24, 2.45) is 0 Å². The van der Waals surface area contributed by atoms with Crippen LogP contribution in [0, 0.1) is 6.92 Å². The number of hydrogen-bond donors (Lipinski definition) is 2. The highest BCUT2D eigenvalue weighted by molar-refractivity contribution is 6.04. The van der Waals surface area contributed by atoms with Gasteiger partial charge in [-0.2, -0.15) is 13.2 Å². The molecule has 3 aromatic heterocycles. The van der Waals surface area contributed by atoms with Gasteiger partial charge in [0.1, 0.15) is 6.33 Å². The molecule has 1 aliphatic rings. The van der Waals surface area contributed by atoms with E-state index in [0.717, 1.165) is 47.1 Å². The smallest absolute Gasteiger partial charge is 0.360 e. The molecule has 1 aliphatic heterocycles. The molecule has 1 saturated heterocycles. The third-order valence-electron chi connectivity index (χ3n) is 7.91. The molecule has 9 nitrogen and oxygen atoms in total. The SMILES string of the molecule is Cc1c[nH]c(-c2ccc(NC(=O)c3ccc(CN4CCN(C)CC4)c(C(F)(F)F)c3)cc2)c1-c1nccc(-c2cncnc2)n1. The number of aromatic amines is 1. The molecule has 0 atom stereocenters. The second-order valence-electron chi connectivity index (χ2n) is 11.1. The average Bonchev–Trinajstić information content (AvgIpc) is 3.43. The Balaban J connectivity index is 1.20. The first-order valence-electron chi connectivity index (χ1n) is 14.5. The standard InChI is InChI=1S/C33H31F3N8O/c1-21-16-40-30(29(21)31-39-10-9-28(42-31)25-17-37-20-38-18-25)22-5-7-26(8-6-22)41-32(45)23-3-4-24(27(15-23)33(34,35)36)19-44-13-11-43(2)12-14-44/h3-10,15-18,20,40H,11-14,19H2,1-2H3,(H,41,45). The molecular weight excluding hydrogens is 581 g/mol. The lowest BCUT2D eigenvalue weighted by Gasteiger charge is -2.33. The molecule has 4 heterocycles. The number of nitrogens with zero attached hydrogens (tertiary/aromatic N) is 6. The normalized spacial score (nSPS) is 14.4. The second kappa shape index (κ2) is 12.6. The third kappa shape index (κ3) is 6.76. The number of anilines is 1. The first kappa shape index (κ1) is 30.1. The van der Waals surface area contributed by atoms with Gasteiger partial charge in [0.25, 0.3) is 5.91 Å². The highest BCUT2D eigenvalue weighted by Crippen LogP contribution is 2.35. The van der Waals surface area contributed by atoms with Gasteiger partial charge in [-0.05, 0) is 61.0 Å². The van der Waals surface area contributed by atoms with Gasteiger partial charge in [0.05, 0.1) is 17.0 Å². The van der Waals surface area contributed by atoms with Crippen LogP contribution in [-0.4, -0.2) is 73.9 Å². The summed E-state index contributed by atoms with van der Waals surface area (Å²) in [7, 11) is 2.00. The van der Waals surface area contributed by atoms with Gasteiger partial charge in [0, 0.05) is 79.9 Å². The van der Waals surface area contributed by atoms with Crippen LogP contribution in [0.1, 0.15) is 27.0 Å². The number of likely N-dealkylation sites (N-methyl/N-ethyl adjacent to an activating group) is 1. The van der Waals surface area contributed by atoms with Crippen LogP contribution in [0.2, 0.25) is 0 Å². The molecule has 0 aliphatic carbocycles. The Morgan fingerprint density at radius 3 is 2.42 bits per heavy atom.